The van der Waals surface area contributed by atoms with Crippen molar-refractivity contribution in [3.63, 3.8) is 0 Å². The lowest BCUT2D eigenvalue weighted by atomic mass is 10.1. The van der Waals surface area contributed by atoms with Crippen LogP contribution in [0.4, 0.5) is 0 Å². The van der Waals surface area contributed by atoms with Crippen LogP contribution in [-0.2, 0) is 38.5 Å². The lowest BCUT2D eigenvalue weighted by Crippen LogP contribution is -2.38. The lowest BCUT2D eigenvalue weighted by Gasteiger charge is -2.24. The summed E-state index contributed by atoms with van der Waals surface area (Å²) in [5.41, 5.74) is 1.93. The maximum atomic E-state index is 13.1. The van der Waals surface area contributed by atoms with E-state index >= 15 is 0 Å². The van der Waals surface area contributed by atoms with Crippen LogP contribution in [0, 0.1) is 0 Å². The van der Waals surface area contributed by atoms with E-state index in [1.165, 1.54) is 18.5 Å². The molecule has 1 atom stereocenters. The molecule has 4 rings (SSSR count). The standard InChI is InChI=1S/C26H29N5O3/c1-18(19(2)32)31-22(27-24-23(31)25(33)29(4)26(34)28(24)3)17-30(15-20-11-7-5-8-12-20)16-21-13-9-6-10-14-21/h5-14,18H,15-17H2,1-4H3/t18-/m1/s1. The molecule has 0 unspecified atom stereocenters. The number of aryl methyl sites for hydroxylation is 1. The number of fused-ring (bicyclic) bond motifs is 1. The fourth-order valence-corrected chi connectivity index (χ4v) is 4.22. The molecule has 4 aromatic rings. The van der Waals surface area contributed by atoms with E-state index in [9.17, 15) is 14.4 Å². The molecule has 0 aliphatic rings. The third-order valence-corrected chi connectivity index (χ3v) is 6.20. The molecule has 8 nitrogen and oxygen atoms in total. The first-order chi connectivity index (χ1) is 16.3. The number of nitrogens with zero attached hydrogens (tertiary/aromatic N) is 5. The maximum Gasteiger partial charge on any atom is 0.332 e. The fourth-order valence-electron chi connectivity index (χ4n) is 4.22. The van der Waals surface area contributed by atoms with Crippen molar-refractivity contribution in [3.8, 4) is 0 Å². The van der Waals surface area contributed by atoms with Gasteiger partial charge in [-0.15, -0.1) is 0 Å². The molecular weight excluding hydrogens is 430 g/mol. The number of ketones is 1. The molecule has 0 fully saturated rings. The Kier molecular flexibility index (Phi) is 6.61. The van der Waals surface area contributed by atoms with Gasteiger partial charge < -0.3 is 4.57 Å². The van der Waals surface area contributed by atoms with Crippen LogP contribution in [0.25, 0.3) is 11.2 Å². The van der Waals surface area contributed by atoms with E-state index in [4.69, 9.17) is 4.98 Å². The summed E-state index contributed by atoms with van der Waals surface area (Å²) in [5, 5.41) is 0. The summed E-state index contributed by atoms with van der Waals surface area (Å²) in [6, 6.07) is 19.6. The normalized spacial score (nSPS) is 12.4. The highest BCUT2D eigenvalue weighted by atomic mass is 16.2. The summed E-state index contributed by atoms with van der Waals surface area (Å²) in [6.45, 7) is 4.97. The summed E-state index contributed by atoms with van der Waals surface area (Å²) in [6.07, 6.45) is 0. The molecule has 176 valence electrons. The van der Waals surface area contributed by atoms with E-state index < -0.39 is 17.3 Å². The molecule has 2 heterocycles. The van der Waals surface area contributed by atoms with Gasteiger partial charge in [0.05, 0.1) is 12.6 Å². The number of carbonyl (C=O) groups excluding carboxylic acids is 1. The van der Waals surface area contributed by atoms with Crippen molar-refractivity contribution in [3.05, 3.63) is 98.5 Å². The zero-order chi connectivity index (χ0) is 24.4. The van der Waals surface area contributed by atoms with Gasteiger partial charge in [-0.05, 0) is 25.0 Å². The van der Waals surface area contributed by atoms with Crippen LogP contribution >= 0.6 is 0 Å². The smallest absolute Gasteiger partial charge is 0.311 e. The maximum absolute atomic E-state index is 13.1. The van der Waals surface area contributed by atoms with Gasteiger partial charge in [0.2, 0.25) is 0 Å². The number of hydrogen-bond donors (Lipinski definition) is 0. The number of carbonyl (C=O) groups is 1. The van der Waals surface area contributed by atoms with Gasteiger partial charge in [-0.2, -0.15) is 0 Å². The van der Waals surface area contributed by atoms with E-state index in [-0.39, 0.29) is 16.9 Å². The third kappa shape index (κ3) is 4.49. The second-order valence-electron chi connectivity index (χ2n) is 8.68. The van der Waals surface area contributed by atoms with Gasteiger partial charge in [0.1, 0.15) is 5.82 Å². The fraction of sp³-hybridized carbons (Fsp3) is 0.308. The first-order valence-corrected chi connectivity index (χ1v) is 11.3. The second-order valence-corrected chi connectivity index (χ2v) is 8.68. The quantitative estimate of drug-likeness (QED) is 0.405. The number of Topliss-reactive ketones (excluding diaryl/α,β-unsaturated/α-hetero) is 1. The van der Waals surface area contributed by atoms with E-state index in [2.05, 4.69) is 29.2 Å². The molecule has 0 aliphatic carbocycles. The topological polar surface area (TPSA) is 82.1 Å². The molecule has 0 aliphatic heterocycles. The summed E-state index contributed by atoms with van der Waals surface area (Å²) in [5.74, 6) is 0.483. The molecule has 0 saturated heterocycles. The molecular formula is C26H29N5O3. The van der Waals surface area contributed by atoms with Crippen molar-refractivity contribution >= 4 is 16.9 Å². The molecule has 34 heavy (non-hydrogen) atoms. The van der Waals surface area contributed by atoms with E-state index in [0.717, 1.165) is 15.7 Å². The molecule has 0 amide bonds. The van der Waals surface area contributed by atoms with Gasteiger partial charge in [0.25, 0.3) is 5.56 Å². The molecule has 0 saturated carbocycles. The van der Waals surface area contributed by atoms with Crippen molar-refractivity contribution in [2.24, 2.45) is 14.1 Å². The van der Waals surface area contributed by atoms with E-state index in [1.807, 2.05) is 36.4 Å². The van der Waals surface area contributed by atoms with Gasteiger partial charge in [-0.3, -0.25) is 23.6 Å². The molecule has 2 aromatic heterocycles. The zero-order valence-electron chi connectivity index (χ0n) is 19.9. The highest BCUT2D eigenvalue weighted by molar-refractivity contribution is 5.82. The van der Waals surface area contributed by atoms with Gasteiger partial charge >= 0.3 is 5.69 Å². The summed E-state index contributed by atoms with van der Waals surface area (Å²) >= 11 is 0. The molecule has 0 spiro atoms. The van der Waals surface area contributed by atoms with Crippen LogP contribution in [0.3, 0.4) is 0 Å². The predicted molar refractivity (Wildman–Crippen MR) is 131 cm³/mol. The van der Waals surface area contributed by atoms with Crippen molar-refractivity contribution in [2.45, 2.75) is 39.5 Å². The highest BCUT2D eigenvalue weighted by Gasteiger charge is 2.25. The van der Waals surface area contributed by atoms with Crippen molar-refractivity contribution in [1.82, 2.24) is 23.6 Å². The Bertz CT molecular complexity index is 1390. The zero-order valence-corrected chi connectivity index (χ0v) is 19.9. The lowest BCUT2D eigenvalue weighted by molar-refractivity contribution is -0.119. The second kappa shape index (κ2) is 9.61. The van der Waals surface area contributed by atoms with E-state index in [0.29, 0.717) is 25.5 Å². The first-order valence-electron chi connectivity index (χ1n) is 11.3. The highest BCUT2D eigenvalue weighted by Crippen LogP contribution is 2.22. The summed E-state index contributed by atoms with van der Waals surface area (Å²) in [4.78, 5) is 45.0. The van der Waals surface area contributed by atoms with Crippen LogP contribution in [0.15, 0.2) is 70.3 Å². The molecule has 8 heteroatoms. The minimum atomic E-state index is -0.597. The SMILES string of the molecule is CC(=O)[C@@H](C)n1c(CN(Cc2ccccc2)Cc2ccccc2)nc2c1c(=O)n(C)c(=O)n2C. The van der Waals surface area contributed by atoms with Gasteiger partial charge in [-0.25, -0.2) is 9.78 Å². The summed E-state index contributed by atoms with van der Waals surface area (Å²) < 4.78 is 4.12. The Morgan fingerprint density at radius 1 is 0.882 bits per heavy atom. The Labute approximate surface area is 197 Å². The van der Waals surface area contributed by atoms with Gasteiger partial charge in [0.15, 0.2) is 16.9 Å². The Balaban J connectivity index is 1.85. The Morgan fingerprint density at radius 3 is 1.91 bits per heavy atom. The van der Waals surface area contributed by atoms with Crippen molar-refractivity contribution in [1.29, 1.82) is 0 Å². The van der Waals surface area contributed by atoms with E-state index in [1.54, 1.807) is 18.5 Å². The Hall–Kier alpha value is -3.78. The van der Waals surface area contributed by atoms with Crippen molar-refractivity contribution in [2.75, 3.05) is 0 Å². The average Bonchev–Trinajstić information content (AvgIpc) is 3.21. The first kappa shape index (κ1) is 23.4. The number of benzene rings is 2. The number of aromatic nitrogens is 4. The predicted octanol–water partition coefficient (Wildman–Crippen LogP) is 2.79. The monoisotopic (exact) mass is 459 g/mol. The van der Waals surface area contributed by atoms with Crippen LogP contribution in [0.5, 0.6) is 0 Å². The molecule has 2 aromatic carbocycles. The average molecular weight is 460 g/mol. The molecule has 0 N–H and O–H groups in total. The number of imidazole rings is 1. The van der Waals surface area contributed by atoms with Crippen LogP contribution in [-0.4, -0.2) is 29.4 Å². The van der Waals surface area contributed by atoms with Gasteiger partial charge in [-0.1, -0.05) is 60.7 Å². The number of hydrogen-bond acceptors (Lipinski definition) is 5. The van der Waals surface area contributed by atoms with Crippen molar-refractivity contribution < 1.29 is 4.79 Å². The minimum Gasteiger partial charge on any atom is -0.311 e. The van der Waals surface area contributed by atoms with Crippen LogP contribution in [0.2, 0.25) is 0 Å². The minimum absolute atomic E-state index is 0.0888. The van der Waals surface area contributed by atoms with Crippen LogP contribution < -0.4 is 11.2 Å². The number of rotatable bonds is 8. The van der Waals surface area contributed by atoms with Crippen LogP contribution in [0.1, 0.15) is 36.8 Å². The van der Waals surface area contributed by atoms with Gasteiger partial charge in [0, 0.05) is 27.2 Å². The third-order valence-electron chi connectivity index (χ3n) is 6.20. The molecule has 0 radical (unpaired) electrons. The largest absolute Gasteiger partial charge is 0.332 e. The molecule has 0 bridgehead atoms. The summed E-state index contributed by atoms with van der Waals surface area (Å²) in [7, 11) is 3.03. The Morgan fingerprint density at radius 2 is 1.41 bits per heavy atom.